The Labute approximate surface area is 184 Å². The van der Waals surface area contributed by atoms with E-state index in [1.165, 1.54) is 32.1 Å². The van der Waals surface area contributed by atoms with Crippen molar-refractivity contribution in [2.75, 3.05) is 11.9 Å². The minimum atomic E-state index is 0. The van der Waals surface area contributed by atoms with Gasteiger partial charge in [0.05, 0.1) is 5.52 Å². The Bertz CT molecular complexity index is 918. The first kappa shape index (κ1) is 23.3. The summed E-state index contributed by atoms with van der Waals surface area (Å²) in [6, 6.07) is 13.2. The van der Waals surface area contributed by atoms with Crippen molar-refractivity contribution >= 4 is 46.3 Å². The normalized spacial score (nSPS) is 10.7. The fourth-order valence-corrected chi connectivity index (χ4v) is 3.43. The lowest BCUT2D eigenvalue weighted by Gasteiger charge is -2.13. The van der Waals surface area contributed by atoms with Crippen LogP contribution in [0.2, 0.25) is 5.02 Å². The van der Waals surface area contributed by atoms with Crippen LogP contribution in [0.5, 0.6) is 5.75 Å². The van der Waals surface area contributed by atoms with Crippen LogP contribution >= 0.6 is 24.0 Å². The first-order valence-electron chi connectivity index (χ1n) is 10.0. The maximum Gasteiger partial charge on any atom is 0.120 e. The third kappa shape index (κ3) is 6.77. The van der Waals surface area contributed by atoms with Gasteiger partial charge in [0, 0.05) is 40.1 Å². The molecule has 3 aromatic rings. The van der Waals surface area contributed by atoms with Crippen LogP contribution in [0.4, 0.5) is 11.4 Å². The number of fused-ring (bicyclic) bond motifs is 1. The molecule has 0 aliphatic carbocycles. The molecular weight excluding hydrogens is 405 g/mol. The van der Waals surface area contributed by atoms with Crippen LogP contribution in [0, 0.1) is 0 Å². The Morgan fingerprint density at radius 2 is 1.83 bits per heavy atom. The first-order valence-corrected chi connectivity index (χ1v) is 10.4. The van der Waals surface area contributed by atoms with E-state index in [0.29, 0.717) is 17.3 Å². The molecule has 1 aromatic heterocycles. The van der Waals surface area contributed by atoms with Gasteiger partial charge in [0.15, 0.2) is 0 Å². The quantitative estimate of drug-likeness (QED) is 0.242. The third-order valence-electron chi connectivity index (χ3n) is 4.84. The molecule has 0 aliphatic rings. The average molecular weight is 434 g/mol. The summed E-state index contributed by atoms with van der Waals surface area (Å²) in [4.78, 5) is 4.38. The van der Waals surface area contributed by atoms with Crippen LogP contribution in [0.3, 0.4) is 0 Å². The molecule has 0 unspecified atom stereocenters. The third-order valence-corrected chi connectivity index (χ3v) is 5.07. The van der Waals surface area contributed by atoms with Crippen molar-refractivity contribution in [2.24, 2.45) is 0 Å². The number of aromatic nitrogens is 1. The molecule has 0 aliphatic heterocycles. The molecule has 3 N–H and O–H groups in total. The molecule has 0 radical (unpaired) electrons. The summed E-state index contributed by atoms with van der Waals surface area (Å²) in [5.74, 6) is 0.315. The minimum absolute atomic E-state index is 0. The van der Waals surface area contributed by atoms with Gasteiger partial charge in [-0.05, 0) is 55.4 Å². The van der Waals surface area contributed by atoms with E-state index < -0.39 is 0 Å². The lowest BCUT2D eigenvalue weighted by molar-refractivity contribution is 0.463. The van der Waals surface area contributed by atoms with Crippen LogP contribution in [0.15, 0.2) is 48.7 Å². The second-order valence-electron chi connectivity index (χ2n) is 7.08. The molecular formula is C23H29Cl2N3O. The van der Waals surface area contributed by atoms with Crippen LogP contribution in [0.25, 0.3) is 10.9 Å². The standard InChI is InChI=1S/C23H28ClN3O.ClH/c1-2-3-4-5-6-12-25-16-17-14-19(8-10-23(17)28)27-21-11-13-26-22-15-18(24)7-9-20(21)22;/h7-11,13-15,25,28H,2-6,12,16H2,1H3,(H,26,27);1H. The molecule has 29 heavy (non-hydrogen) atoms. The number of anilines is 2. The Hall–Kier alpha value is -2.01. The number of phenolic OH excluding ortho intramolecular Hbond substituents is 1. The average Bonchev–Trinajstić information content (AvgIpc) is 2.69. The van der Waals surface area contributed by atoms with E-state index in [1.54, 1.807) is 12.3 Å². The van der Waals surface area contributed by atoms with Gasteiger partial charge in [-0.25, -0.2) is 0 Å². The Morgan fingerprint density at radius 3 is 2.66 bits per heavy atom. The summed E-state index contributed by atoms with van der Waals surface area (Å²) in [7, 11) is 0. The second kappa shape index (κ2) is 11.9. The van der Waals surface area contributed by atoms with Gasteiger partial charge in [-0.2, -0.15) is 0 Å². The summed E-state index contributed by atoms with van der Waals surface area (Å²) >= 11 is 6.07. The number of hydrogen-bond acceptors (Lipinski definition) is 4. The zero-order valence-electron chi connectivity index (χ0n) is 16.7. The van der Waals surface area contributed by atoms with E-state index in [2.05, 4.69) is 22.5 Å². The number of nitrogens with zero attached hydrogens (tertiary/aromatic N) is 1. The highest BCUT2D eigenvalue weighted by molar-refractivity contribution is 6.31. The SMILES string of the molecule is CCCCCCCNCc1cc(Nc2ccnc3cc(Cl)ccc23)ccc1O.Cl. The molecule has 4 nitrogen and oxygen atoms in total. The van der Waals surface area contributed by atoms with Crippen LogP contribution in [-0.2, 0) is 6.54 Å². The number of benzene rings is 2. The van der Waals surface area contributed by atoms with Gasteiger partial charge in [0.2, 0.25) is 0 Å². The van der Waals surface area contributed by atoms with Gasteiger partial charge in [-0.3, -0.25) is 4.98 Å². The molecule has 0 saturated carbocycles. The predicted octanol–water partition coefficient (Wildman–Crippen LogP) is 6.82. The zero-order chi connectivity index (χ0) is 19.8. The number of nitrogens with one attached hydrogen (secondary N) is 2. The van der Waals surface area contributed by atoms with Gasteiger partial charge >= 0.3 is 0 Å². The van der Waals surface area contributed by atoms with Crippen molar-refractivity contribution in [3.8, 4) is 5.75 Å². The summed E-state index contributed by atoms with van der Waals surface area (Å²) < 4.78 is 0. The van der Waals surface area contributed by atoms with Crippen molar-refractivity contribution in [3.05, 3.63) is 59.2 Å². The molecule has 2 aromatic carbocycles. The first-order chi connectivity index (χ1) is 13.7. The zero-order valence-corrected chi connectivity index (χ0v) is 18.3. The smallest absolute Gasteiger partial charge is 0.120 e. The Balaban J connectivity index is 0.00000300. The van der Waals surface area contributed by atoms with E-state index in [1.807, 2.05) is 36.4 Å². The second-order valence-corrected chi connectivity index (χ2v) is 7.52. The molecule has 0 atom stereocenters. The number of hydrogen-bond donors (Lipinski definition) is 3. The van der Waals surface area contributed by atoms with E-state index in [9.17, 15) is 5.11 Å². The van der Waals surface area contributed by atoms with Gasteiger partial charge in [-0.1, -0.05) is 44.2 Å². The topological polar surface area (TPSA) is 57.2 Å². The summed E-state index contributed by atoms with van der Waals surface area (Å²) in [6.45, 7) is 3.85. The molecule has 6 heteroatoms. The van der Waals surface area contributed by atoms with E-state index in [-0.39, 0.29) is 12.4 Å². The largest absolute Gasteiger partial charge is 0.508 e. The van der Waals surface area contributed by atoms with E-state index in [0.717, 1.165) is 34.4 Å². The molecule has 0 saturated heterocycles. The van der Waals surface area contributed by atoms with Crippen LogP contribution < -0.4 is 10.6 Å². The van der Waals surface area contributed by atoms with Crippen LogP contribution in [0.1, 0.15) is 44.6 Å². The number of halogens is 2. The molecule has 0 spiro atoms. The van der Waals surface area contributed by atoms with Crippen molar-refractivity contribution in [2.45, 2.75) is 45.6 Å². The van der Waals surface area contributed by atoms with Crippen molar-refractivity contribution < 1.29 is 5.11 Å². The van der Waals surface area contributed by atoms with Gasteiger partial charge in [0.25, 0.3) is 0 Å². The van der Waals surface area contributed by atoms with Gasteiger partial charge in [0.1, 0.15) is 5.75 Å². The van der Waals surface area contributed by atoms with Crippen molar-refractivity contribution in [3.63, 3.8) is 0 Å². The lowest BCUT2D eigenvalue weighted by Crippen LogP contribution is -2.14. The fourth-order valence-electron chi connectivity index (χ4n) is 3.27. The minimum Gasteiger partial charge on any atom is -0.508 e. The van der Waals surface area contributed by atoms with Crippen LogP contribution in [-0.4, -0.2) is 16.6 Å². The summed E-state index contributed by atoms with van der Waals surface area (Å²) in [5.41, 5.74) is 3.63. The monoisotopic (exact) mass is 433 g/mol. The lowest BCUT2D eigenvalue weighted by atomic mass is 10.1. The fraction of sp³-hybridized carbons (Fsp3) is 0.348. The van der Waals surface area contributed by atoms with E-state index >= 15 is 0 Å². The molecule has 0 fully saturated rings. The number of aromatic hydroxyl groups is 1. The van der Waals surface area contributed by atoms with E-state index in [4.69, 9.17) is 11.6 Å². The molecule has 156 valence electrons. The Morgan fingerprint density at radius 1 is 1.00 bits per heavy atom. The van der Waals surface area contributed by atoms with Crippen molar-refractivity contribution in [1.29, 1.82) is 0 Å². The number of unbranched alkanes of at least 4 members (excludes halogenated alkanes) is 4. The predicted molar refractivity (Wildman–Crippen MR) is 126 cm³/mol. The highest BCUT2D eigenvalue weighted by Gasteiger charge is 2.06. The number of pyridine rings is 1. The molecule has 1 heterocycles. The molecule has 0 amide bonds. The van der Waals surface area contributed by atoms with Crippen molar-refractivity contribution in [1.82, 2.24) is 10.3 Å². The maximum atomic E-state index is 10.2. The highest BCUT2D eigenvalue weighted by Crippen LogP contribution is 2.29. The number of phenols is 1. The highest BCUT2D eigenvalue weighted by atomic mass is 35.5. The maximum absolute atomic E-state index is 10.2. The number of rotatable bonds is 10. The summed E-state index contributed by atoms with van der Waals surface area (Å²) in [6.07, 6.45) is 8.07. The van der Waals surface area contributed by atoms with Gasteiger partial charge in [-0.15, -0.1) is 12.4 Å². The molecule has 0 bridgehead atoms. The van der Waals surface area contributed by atoms with Gasteiger partial charge < -0.3 is 15.7 Å². The Kier molecular flexibility index (Phi) is 9.52. The summed E-state index contributed by atoms with van der Waals surface area (Å²) in [5, 5.41) is 18.7. The molecule has 3 rings (SSSR count).